The van der Waals surface area contributed by atoms with Gasteiger partial charge >= 0.3 is 0 Å². The van der Waals surface area contributed by atoms with Crippen molar-refractivity contribution in [3.05, 3.63) is 101 Å². The third-order valence-electron chi connectivity index (χ3n) is 4.97. The molecule has 0 aliphatic heterocycles. The van der Waals surface area contributed by atoms with E-state index in [-0.39, 0.29) is 9.10 Å². The zero-order chi connectivity index (χ0) is 25.1. The van der Waals surface area contributed by atoms with Crippen molar-refractivity contribution in [2.75, 3.05) is 14.8 Å². The molecule has 11 heteroatoms. The zero-order valence-electron chi connectivity index (χ0n) is 18.4. The largest absolute Gasteiger partial charge is 0.322 e. The highest BCUT2D eigenvalue weighted by atomic mass is 32.2. The Bertz CT molecular complexity index is 1550. The molecule has 0 aliphatic carbocycles. The fraction of sp³-hybridized carbons (Fsp3) is 0.0417. The van der Waals surface area contributed by atoms with Crippen LogP contribution < -0.4 is 14.8 Å². The number of nitrogens with one attached hydrogen (secondary N) is 3. The number of hydrogen-bond donors (Lipinski definition) is 3. The van der Waals surface area contributed by atoms with Crippen molar-refractivity contribution in [3.63, 3.8) is 0 Å². The Balaban J connectivity index is 1.40. The van der Waals surface area contributed by atoms with Crippen LogP contribution >= 0.6 is 11.3 Å². The van der Waals surface area contributed by atoms with Gasteiger partial charge in [-0.1, -0.05) is 24.3 Å². The highest BCUT2D eigenvalue weighted by molar-refractivity contribution is 7.94. The van der Waals surface area contributed by atoms with E-state index in [1.165, 1.54) is 54.6 Å². The number of carbonyl (C=O) groups excluding carboxylic acids is 1. The van der Waals surface area contributed by atoms with Crippen LogP contribution in [0.1, 0.15) is 15.9 Å². The van der Waals surface area contributed by atoms with Crippen LogP contribution in [-0.2, 0) is 20.0 Å². The summed E-state index contributed by atoms with van der Waals surface area (Å²) in [4.78, 5) is 12.6. The normalized spacial score (nSPS) is 11.6. The van der Waals surface area contributed by atoms with Crippen LogP contribution in [0.25, 0.3) is 0 Å². The molecule has 0 radical (unpaired) electrons. The van der Waals surface area contributed by atoms with Gasteiger partial charge in [-0.3, -0.25) is 14.2 Å². The first-order valence-electron chi connectivity index (χ1n) is 10.3. The molecule has 4 aromatic rings. The lowest BCUT2D eigenvalue weighted by molar-refractivity contribution is 0.102. The summed E-state index contributed by atoms with van der Waals surface area (Å²) in [5.74, 6) is -0.425. The van der Waals surface area contributed by atoms with E-state index in [0.29, 0.717) is 22.6 Å². The van der Waals surface area contributed by atoms with Crippen molar-refractivity contribution in [3.8, 4) is 0 Å². The average Bonchev–Trinajstić information content (AvgIpc) is 3.37. The highest BCUT2D eigenvalue weighted by Crippen LogP contribution is 2.22. The first-order chi connectivity index (χ1) is 16.6. The van der Waals surface area contributed by atoms with Crippen LogP contribution in [-0.4, -0.2) is 22.7 Å². The van der Waals surface area contributed by atoms with Crippen molar-refractivity contribution in [2.45, 2.75) is 16.0 Å². The van der Waals surface area contributed by atoms with E-state index in [9.17, 15) is 21.6 Å². The molecule has 180 valence electrons. The molecule has 0 aliphatic rings. The maximum atomic E-state index is 12.7. The quantitative estimate of drug-likeness (QED) is 0.301. The number of thiophene rings is 1. The van der Waals surface area contributed by atoms with E-state index < -0.39 is 26.0 Å². The molecule has 1 heterocycles. The monoisotopic (exact) mass is 527 g/mol. The van der Waals surface area contributed by atoms with Gasteiger partial charge in [0, 0.05) is 16.9 Å². The molecule has 1 aromatic heterocycles. The summed E-state index contributed by atoms with van der Waals surface area (Å²) in [7, 11) is -7.46. The molecule has 0 atom stereocenters. The second-order valence-electron chi connectivity index (χ2n) is 7.51. The van der Waals surface area contributed by atoms with Gasteiger partial charge in [0.15, 0.2) is 0 Å². The zero-order valence-corrected chi connectivity index (χ0v) is 20.9. The fourth-order valence-electron chi connectivity index (χ4n) is 3.12. The van der Waals surface area contributed by atoms with Crippen LogP contribution in [0.4, 0.5) is 17.1 Å². The standard InChI is InChI=1S/C24H21N3O5S3/c1-17-5-2-3-6-22(17)27-34(29,30)21-14-12-19(13-15-21)25-24(28)18-8-10-20(11-9-18)26-35(31,32)23-7-4-16-33-23/h2-16,26-27H,1H3,(H,25,28). The number of sulfonamides is 2. The summed E-state index contributed by atoms with van der Waals surface area (Å²) in [5, 5.41) is 4.37. The van der Waals surface area contributed by atoms with Gasteiger partial charge in [0.2, 0.25) is 0 Å². The summed E-state index contributed by atoms with van der Waals surface area (Å²) in [6.45, 7) is 1.81. The Kier molecular flexibility index (Phi) is 6.92. The summed E-state index contributed by atoms with van der Waals surface area (Å²) >= 11 is 1.11. The Hall–Kier alpha value is -3.67. The number of benzene rings is 3. The maximum Gasteiger partial charge on any atom is 0.271 e. The fourth-order valence-corrected chi connectivity index (χ4v) is 6.31. The van der Waals surface area contributed by atoms with E-state index in [4.69, 9.17) is 0 Å². The third kappa shape index (κ3) is 5.88. The van der Waals surface area contributed by atoms with Crippen LogP contribution in [0.15, 0.2) is 99.4 Å². The minimum atomic E-state index is -3.79. The van der Waals surface area contributed by atoms with Crippen molar-refractivity contribution in [1.29, 1.82) is 0 Å². The van der Waals surface area contributed by atoms with Gasteiger partial charge in [0.05, 0.1) is 10.6 Å². The van der Waals surface area contributed by atoms with Crippen LogP contribution in [0.3, 0.4) is 0 Å². The van der Waals surface area contributed by atoms with E-state index in [2.05, 4.69) is 14.8 Å². The number of aryl methyl sites for hydroxylation is 1. The van der Waals surface area contributed by atoms with Crippen molar-refractivity contribution in [1.82, 2.24) is 0 Å². The van der Waals surface area contributed by atoms with Gasteiger partial charge in [0.1, 0.15) is 4.21 Å². The molecule has 0 saturated carbocycles. The summed E-state index contributed by atoms with van der Waals surface area (Å²) in [5.41, 5.74) is 2.33. The molecule has 3 N–H and O–H groups in total. The number of amides is 1. The van der Waals surface area contributed by atoms with E-state index in [1.54, 1.807) is 23.6 Å². The molecule has 0 unspecified atom stereocenters. The first kappa shape index (κ1) is 24.5. The predicted molar refractivity (Wildman–Crippen MR) is 138 cm³/mol. The summed E-state index contributed by atoms with van der Waals surface area (Å²) in [6, 6.07) is 22.0. The van der Waals surface area contributed by atoms with Crippen LogP contribution in [0, 0.1) is 6.92 Å². The smallest absolute Gasteiger partial charge is 0.271 e. The van der Waals surface area contributed by atoms with E-state index in [0.717, 1.165) is 16.9 Å². The minimum Gasteiger partial charge on any atom is -0.322 e. The van der Waals surface area contributed by atoms with Crippen LogP contribution in [0.2, 0.25) is 0 Å². The third-order valence-corrected chi connectivity index (χ3v) is 9.13. The average molecular weight is 528 g/mol. The second-order valence-corrected chi connectivity index (χ2v) is 12.1. The number of rotatable bonds is 8. The minimum absolute atomic E-state index is 0.0566. The Morgan fingerprint density at radius 3 is 2.00 bits per heavy atom. The van der Waals surface area contributed by atoms with Gasteiger partial charge in [-0.15, -0.1) is 11.3 Å². The van der Waals surface area contributed by atoms with Crippen molar-refractivity contribution < 1.29 is 21.6 Å². The van der Waals surface area contributed by atoms with Gasteiger partial charge in [-0.05, 0) is 78.5 Å². The molecule has 0 spiro atoms. The molecular formula is C24H21N3O5S3. The number of hydrogen-bond acceptors (Lipinski definition) is 6. The van der Waals surface area contributed by atoms with Gasteiger partial charge in [-0.25, -0.2) is 16.8 Å². The SMILES string of the molecule is Cc1ccccc1NS(=O)(=O)c1ccc(NC(=O)c2ccc(NS(=O)(=O)c3cccs3)cc2)cc1. The Labute approximate surface area is 207 Å². The number of carbonyl (C=O) groups is 1. The first-order valence-corrected chi connectivity index (χ1v) is 14.1. The lowest BCUT2D eigenvalue weighted by Crippen LogP contribution is -2.15. The Morgan fingerprint density at radius 1 is 0.714 bits per heavy atom. The second kappa shape index (κ2) is 9.90. The summed E-state index contributed by atoms with van der Waals surface area (Å²) in [6.07, 6.45) is 0. The van der Waals surface area contributed by atoms with Crippen molar-refractivity contribution >= 4 is 54.4 Å². The number of para-hydroxylation sites is 1. The van der Waals surface area contributed by atoms with Gasteiger partial charge in [0.25, 0.3) is 26.0 Å². The van der Waals surface area contributed by atoms with E-state index in [1.807, 2.05) is 19.1 Å². The summed E-state index contributed by atoms with van der Waals surface area (Å²) < 4.78 is 55.2. The predicted octanol–water partition coefficient (Wildman–Crippen LogP) is 4.91. The lowest BCUT2D eigenvalue weighted by Gasteiger charge is -2.11. The van der Waals surface area contributed by atoms with Crippen molar-refractivity contribution in [2.24, 2.45) is 0 Å². The molecule has 3 aromatic carbocycles. The van der Waals surface area contributed by atoms with E-state index >= 15 is 0 Å². The van der Waals surface area contributed by atoms with Gasteiger partial charge < -0.3 is 5.32 Å². The maximum absolute atomic E-state index is 12.7. The molecule has 0 saturated heterocycles. The highest BCUT2D eigenvalue weighted by Gasteiger charge is 2.17. The molecule has 1 amide bonds. The topological polar surface area (TPSA) is 121 Å². The van der Waals surface area contributed by atoms with Gasteiger partial charge in [-0.2, -0.15) is 0 Å². The lowest BCUT2D eigenvalue weighted by atomic mass is 10.2. The molecule has 35 heavy (non-hydrogen) atoms. The number of anilines is 3. The molecule has 8 nitrogen and oxygen atoms in total. The molecule has 4 rings (SSSR count). The van der Waals surface area contributed by atoms with Crippen LogP contribution in [0.5, 0.6) is 0 Å². The Morgan fingerprint density at radius 2 is 1.37 bits per heavy atom. The molecule has 0 fully saturated rings. The molecule has 0 bridgehead atoms. The molecular weight excluding hydrogens is 506 g/mol.